The minimum atomic E-state index is 0.0345. The van der Waals surface area contributed by atoms with Crippen LogP contribution in [0.1, 0.15) is 25.7 Å². The minimum Gasteiger partial charge on any atom is -0.469 e. The Kier molecular flexibility index (Phi) is 3.56. The lowest BCUT2D eigenvalue weighted by Gasteiger charge is -2.37. The molecule has 1 N–H and O–H groups in total. The predicted molar refractivity (Wildman–Crippen MR) is 72.9 cm³/mol. The van der Waals surface area contributed by atoms with E-state index in [1.54, 1.807) is 12.0 Å². The van der Waals surface area contributed by atoms with E-state index in [2.05, 4.69) is 19.0 Å². The fourth-order valence-corrected chi connectivity index (χ4v) is 5.09. The Morgan fingerprint density at radius 2 is 2.00 bits per heavy atom. The lowest BCUT2D eigenvalue weighted by atomic mass is 9.70. The van der Waals surface area contributed by atoms with Gasteiger partial charge in [0.05, 0.1) is 33.2 Å². The van der Waals surface area contributed by atoms with Crippen LogP contribution in [0.2, 0.25) is 0 Å². The average molecular weight is 267 g/mol. The Hall–Kier alpha value is -0.610. The van der Waals surface area contributed by atoms with Crippen molar-refractivity contribution in [2.75, 3.05) is 34.3 Å². The molecule has 3 heterocycles. The smallest absolute Gasteiger partial charge is 0.310 e. The molecule has 0 aliphatic carbocycles. The van der Waals surface area contributed by atoms with E-state index >= 15 is 0 Å². The van der Waals surface area contributed by atoms with Gasteiger partial charge in [-0.3, -0.25) is 9.69 Å². The summed E-state index contributed by atoms with van der Waals surface area (Å²) >= 11 is 0. The van der Waals surface area contributed by atoms with E-state index in [1.807, 2.05) is 0 Å². The Morgan fingerprint density at radius 1 is 1.26 bits per heavy atom. The first-order chi connectivity index (χ1) is 9.13. The highest BCUT2D eigenvalue weighted by Crippen LogP contribution is 2.49. The molecule has 3 rings (SSSR count). The van der Waals surface area contributed by atoms with Crippen LogP contribution in [0.25, 0.3) is 0 Å². The van der Waals surface area contributed by atoms with Crippen molar-refractivity contribution in [1.82, 2.24) is 4.90 Å². The first kappa shape index (κ1) is 13.4. The lowest BCUT2D eigenvalue weighted by Crippen LogP contribution is -3.10. The Morgan fingerprint density at radius 3 is 2.68 bits per heavy atom. The van der Waals surface area contributed by atoms with E-state index in [-0.39, 0.29) is 11.9 Å². The van der Waals surface area contributed by atoms with E-state index < -0.39 is 0 Å². The molecule has 19 heavy (non-hydrogen) atoms. The van der Waals surface area contributed by atoms with Gasteiger partial charge in [0.25, 0.3) is 0 Å². The van der Waals surface area contributed by atoms with Gasteiger partial charge in [-0.25, -0.2) is 0 Å². The van der Waals surface area contributed by atoms with Gasteiger partial charge >= 0.3 is 5.97 Å². The highest BCUT2D eigenvalue weighted by Gasteiger charge is 2.57. The zero-order valence-corrected chi connectivity index (χ0v) is 12.4. The molecule has 0 aromatic carbocycles. The summed E-state index contributed by atoms with van der Waals surface area (Å²) in [5, 5.41) is 0. The quantitative estimate of drug-likeness (QED) is 0.703. The summed E-state index contributed by atoms with van der Waals surface area (Å²) in [5.74, 6) is 1.40. The molecule has 0 spiro atoms. The molecular formula is C15H27N2O2+. The molecule has 0 amide bonds. The first-order valence-electron chi connectivity index (χ1n) is 7.74. The fraction of sp³-hybridized carbons (Fsp3) is 0.933. The molecule has 4 heteroatoms. The number of nitrogens with one attached hydrogen (secondary N) is 1. The predicted octanol–water partition coefficient (Wildman–Crippen LogP) is -0.207. The van der Waals surface area contributed by atoms with Crippen molar-refractivity contribution in [2.45, 2.75) is 37.8 Å². The molecule has 0 aromatic rings. The van der Waals surface area contributed by atoms with Crippen LogP contribution >= 0.6 is 0 Å². The molecular weight excluding hydrogens is 240 g/mol. The van der Waals surface area contributed by atoms with Crippen molar-refractivity contribution in [2.24, 2.45) is 17.8 Å². The molecule has 3 saturated heterocycles. The van der Waals surface area contributed by atoms with E-state index in [4.69, 9.17) is 4.74 Å². The van der Waals surface area contributed by atoms with Gasteiger partial charge < -0.3 is 9.64 Å². The number of rotatable bonds is 2. The Labute approximate surface area is 116 Å². The number of methoxy groups -OCH3 is 1. The largest absolute Gasteiger partial charge is 0.469 e. The number of likely N-dealkylation sites (tertiary alicyclic amines) is 1. The fourth-order valence-electron chi connectivity index (χ4n) is 5.09. The summed E-state index contributed by atoms with van der Waals surface area (Å²) in [6, 6.07) is 1.05. The van der Waals surface area contributed by atoms with Gasteiger partial charge in [0.2, 0.25) is 0 Å². The summed E-state index contributed by atoms with van der Waals surface area (Å²) in [5.41, 5.74) is 0. The molecule has 6 unspecified atom stereocenters. The minimum absolute atomic E-state index is 0.0345. The van der Waals surface area contributed by atoms with Crippen molar-refractivity contribution in [1.29, 1.82) is 0 Å². The second-order valence-electron chi connectivity index (χ2n) is 6.82. The van der Waals surface area contributed by atoms with Crippen molar-refractivity contribution >= 4 is 5.97 Å². The zero-order chi connectivity index (χ0) is 13.6. The third kappa shape index (κ3) is 2.09. The zero-order valence-electron chi connectivity index (χ0n) is 12.4. The van der Waals surface area contributed by atoms with Gasteiger partial charge in [0.1, 0.15) is 0 Å². The summed E-state index contributed by atoms with van der Waals surface area (Å²) < 4.78 is 5.11. The molecule has 3 aliphatic rings. The summed E-state index contributed by atoms with van der Waals surface area (Å²) in [6.45, 7) is 2.52. The molecule has 3 fully saturated rings. The number of quaternary nitrogens is 1. The lowest BCUT2D eigenvalue weighted by molar-refractivity contribution is -0.889. The standard InChI is InChI=1S/C15H26N2O2/c1-16-8-4-5-10(9-16)13-11-6-7-12(17(11)2)14(13)15(18)19-3/h10-14H,4-9H2,1-3H3/p+1. The van der Waals surface area contributed by atoms with Crippen LogP contribution in [0, 0.1) is 17.8 Å². The monoisotopic (exact) mass is 267 g/mol. The molecule has 2 bridgehead atoms. The number of piperidine rings is 1. The van der Waals surface area contributed by atoms with E-state index in [1.165, 1.54) is 38.8 Å². The highest BCUT2D eigenvalue weighted by atomic mass is 16.5. The van der Waals surface area contributed by atoms with Crippen molar-refractivity contribution in [3.8, 4) is 0 Å². The molecule has 4 nitrogen and oxygen atoms in total. The van der Waals surface area contributed by atoms with Gasteiger partial charge in [0, 0.05) is 18.0 Å². The van der Waals surface area contributed by atoms with Crippen LogP contribution in [0.3, 0.4) is 0 Å². The maximum atomic E-state index is 12.2. The first-order valence-corrected chi connectivity index (χ1v) is 7.74. The molecule has 0 saturated carbocycles. The summed E-state index contributed by atoms with van der Waals surface area (Å²) in [4.78, 5) is 16.3. The maximum Gasteiger partial charge on any atom is 0.310 e. The van der Waals surface area contributed by atoms with Crippen LogP contribution in [-0.4, -0.2) is 57.2 Å². The number of esters is 1. The van der Waals surface area contributed by atoms with Crippen LogP contribution in [0.5, 0.6) is 0 Å². The van der Waals surface area contributed by atoms with E-state index in [0.29, 0.717) is 23.9 Å². The molecule has 0 aromatic heterocycles. The number of hydrogen-bond donors (Lipinski definition) is 1. The van der Waals surface area contributed by atoms with Crippen molar-refractivity contribution in [3.63, 3.8) is 0 Å². The van der Waals surface area contributed by atoms with E-state index in [9.17, 15) is 4.79 Å². The normalized spacial score (nSPS) is 46.5. The topological polar surface area (TPSA) is 34.0 Å². The number of nitrogens with zero attached hydrogens (tertiary/aromatic N) is 1. The number of carbonyl (C=O) groups excluding carboxylic acids is 1. The van der Waals surface area contributed by atoms with Gasteiger partial charge in [-0.15, -0.1) is 0 Å². The van der Waals surface area contributed by atoms with Crippen LogP contribution in [-0.2, 0) is 9.53 Å². The maximum absolute atomic E-state index is 12.2. The third-order valence-corrected chi connectivity index (χ3v) is 5.88. The van der Waals surface area contributed by atoms with Gasteiger partial charge in [-0.2, -0.15) is 0 Å². The average Bonchev–Trinajstić information content (AvgIpc) is 2.91. The number of fused-ring (bicyclic) bond motifs is 2. The Bertz CT molecular complexity index is 360. The van der Waals surface area contributed by atoms with Crippen LogP contribution < -0.4 is 4.90 Å². The van der Waals surface area contributed by atoms with Crippen molar-refractivity contribution < 1.29 is 14.4 Å². The summed E-state index contributed by atoms with van der Waals surface area (Å²) in [7, 11) is 6.04. The second-order valence-corrected chi connectivity index (χ2v) is 6.82. The van der Waals surface area contributed by atoms with Crippen LogP contribution in [0.4, 0.5) is 0 Å². The van der Waals surface area contributed by atoms with Gasteiger partial charge in [-0.1, -0.05) is 0 Å². The number of hydrogen-bond acceptors (Lipinski definition) is 3. The van der Waals surface area contributed by atoms with E-state index in [0.717, 1.165) is 0 Å². The molecule has 0 radical (unpaired) electrons. The number of carbonyl (C=O) groups is 1. The van der Waals surface area contributed by atoms with Crippen LogP contribution in [0.15, 0.2) is 0 Å². The summed E-state index contributed by atoms with van der Waals surface area (Å²) in [6.07, 6.45) is 5.05. The number of ether oxygens (including phenoxy) is 1. The van der Waals surface area contributed by atoms with Crippen molar-refractivity contribution in [3.05, 3.63) is 0 Å². The Balaban J connectivity index is 1.83. The van der Waals surface area contributed by atoms with Gasteiger partial charge in [0.15, 0.2) is 0 Å². The SMILES string of the molecule is COC(=O)C1C(C2CCC[NH+](C)C2)C2CCC1N2C. The second kappa shape index (κ2) is 5.06. The molecule has 3 aliphatic heterocycles. The third-order valence-electron chi connectivity index (χ3n) is 5.88. The molecule has 6 atom stereocenters. The molecule has 108 valence electrons. The van der Waals surface area contributed by atoms with Gasteiger partial charge in [-0.05, 0) is 38.6 Å². The highest BCUT2D eigenvalue weighted by molar-refractivity contribution is 5.74.